The summed E-state index contributed by atoms with van der Waals surface area (Å²) in [7, 11) is -4.42. The molecule has 0 amide bonds. The lowest BCUT2D eigenvalue weighted by Crippen LogP contribution is -2.29. The van der Waals surface area contributed by atoms with Gasteiger partial charge < -0.3 is 20.1 Å². The fraction of sp³-hybridized carbons (Fsp3) is 0.531. The molecule has 0 aliphatic rings. The van der Waals surface area contributed by atoms with Crippen molar-refractivity contribution in [1.29, 1.82) is 0 Å². The van der Waals surface area contributed by atoms with E-state index in [4.69, 9.17) is 24.3 Å². The summed E-state index contributed by atoms with van der Waals surface area (Å²) in [5.41, 5.74) is 5.40. The number of carbonyl (C=O) groups excluding carboxylic acids is 2. The third-order valence-corrected chi connectivity index (χ3v) is 14.8. The van der Waals surface area contributed by atoms with Crippen LogP contribution in [0.5, 0.6) is 0 Å². The number of carbonyl (C=O) groups is 2. The Bertz CT molecular complexity index is 2290. The molecule has 3 N–H and O–H groups in total. The third kappa shape index (κ3) is 73.3. The molecule has 2 atom stereocenters. The predicted molar refractivity (Wildman–Crippen MR) is 394 cm³/mol. The van der Waals surface area contributed by atoms with Crippen LogP contribution in [0.3, 0.4) is 0 Å². The molecular formula is C81H126NO8P. The number of esters is 2. The van der Waals surface area contributed by atoms with Crippen molar-refractivity contribution in [2.75, 3.05) is 26.4 Å². The lowest BCUT2D eigenvalue weighted by molar-refractivity contribution is -0.161. The van der Waals surface area contributed by atoms with Gasteiger partial charge in [-0.25, -0.2) is 4.57 Å². The van der Waals surface area contributed by atoms with E-state index in [1.165, 1.54) is 44.9 Å². The monoisotopic (exact) mass is 1270 g/mol. The molecule has 0 fully saturated rings. The zero-order chi connectivity index (χ0) is 65.8. The summed E-state index contributed by atoms with van der Waals surface area (Å²) >= 11 is 0. The molecular weight excluding hydrogens is 1150 g/mol. The largest absolute Gasteiger partial charge is 0.472 e. The number of allylic oxidation sites excluding steroid dienone is 36. The Labute approximate surface area is 556 Å². The Hall–Kier alpha value is -5.67. The molecule has 91 heavy (non-hydrogen) atoms. The molecule has 0 heterocycles. The van der Waals surface area contributed by atoms with E-state index in [9.17, 15) is 19.0 Å². The van der Waals surface area contributed by atoms with Crippen LogP contribution in [0.4, 0.5) is 0 Å². The predicted octanol–water partition coefficient (Wildman–Crippen LogP) is 23.6. The normalized spacial score (nSPS) is 14.3. The Balaban J connectivity index is 4.04. The number of hydrogen-bond acceptors (Lipinski definition) is 8. The van der Waals surface area contributed by atoms with E-state index in [-0.39, 0.29) is 32.6 Å². The van der Waals surface area contributed by atoms with Crippen molar-refractivity contribution in [3.8, 4) is 0 Å². The zero-order valence-corrected chi connectivity index (χ0v) is 57.9. The summed E-state index contributed by atoms with van der Waals surface area (Å²) in [6.07, 6.45) is 114. The van der Waals surface area contributed by atoms with Crippen LogP contribution >= 0.6 is 7.82 Å². The second kappa shape index (κ2) is 73.4. The van der Waals surface area contributed by atoms with Crippen LogP contribution < -0.4 is 5.73 Å². The minimum Gasteiger partial charge on any atom is -0.462 e. The molecule has 0 aliphatic heterocycles. The maximum atomic E-state index is 12.8. The number of ether oxygens (including phenoxy) is 2. The summed E-state index contributed by atoms with van der Waals surface area (Å²) in [6, 6.07) is 0. The minimum absolute atomic E-state index is 0.0364. The van der Waals surface area contributed by atoms with Crippen LogP contribution in [0.25, 0.3) is 0 Å². The lowest BCUT2D eigenvalue weighted by atomic mass is 10.0. The number of phosphoric acid groups is 1. The van der Waals surface area contributed by atoms with Crippen LogP contribution in [-0.2, 0) is 32.7 Å². The maximum Gasteiger partial charge on any atom is 0.472 e. The number of hydrogen-bond donors (Lipinski definition) is 2. The van der Waals surface area contributed by atoms with Gasteiger partial charge in [-0.1, -0.05) is 297 Å². The van der Waals surface area contributed by atoms with Gasteiger partial charge in [0.15, 0.2) is 6.10 Å². The van der Waals surface area contributed by atoms with Gasteiger partial charge in [0.1, 0.15) is 6.61 Å². The average molecular weight is 1270 g/mol. The Kier molecular flexibility index (Phi) is 68.8. The maximum absolute atomic E-state index is 12.8. The highest BCUT2D eigenvalue weighted by atomic mass is 31.2. The Morgan fingerprint density at radius 1 is 0.330 bits per heavy atom. The average Bonchev–Trinajstić information content (AvgIpc) is 3.71. The SMILES string of the molecule is CC/C=C\C/C=C\C/C=C\C/C=C\C/C=C\C/C=C\C/C=C\C/C=C\C/C=C\CCCCCCCCCCCCCC(=O)OC(COC(=O)CCCCC/C=C\C/C=C\C/C=C\C/C=C\C/C=C\C/C=C\C/C=C\C/C=C\C/C=C\CC)COP(=O)(O)OCCN. The summed E-state index contributed by atoms with van der Waals surface area (Å²) in [4.78, 5) is 35.4. The summed E-state index contributed by atoms with van der Waals surface area (Å²) in [5, 5.41) is 0. The molecule has 9 nitrogen and oxygen atoms in total. The van der Waals surface area contributed by atoms with Crippen LogP contribution in [0.1, 0.15) is 245 Å². The van der Waals surface area contributed by atoms with E-state index < -0.39 is 32.5 Å². The van der Waals surface area contributed by atoms with Crippen molar-refractivity contribution in [2.24, 2.45) is 5.73 Å². The van der Waals surface area contributed by atoms with Gasteiger partial charge in [0, 0.05) is 19.4 Å². The minimum atomic E-state index is -4.42. The smallest absolute Gasteiger partial charge is 0.462 e. The van der Waals surface area contributed by atoms with Gasteiger partial charge >= 0.3 is 19.8 Å². The van der Waals surface area contributed by atoms with Gasteiger partial charge in [0.2, 0.25) is 0 Å². The van der Waals surface area contributed by atoms with E-state index >= 15 is 0 Å². The number of unbranched alkanes of at least 4 members (excludes halogenated alkanes) is 14. The lowest BCUT2D eigenvalue weighted by Gasteiger charge is -2.19. The highest BCUT2D eigenvalue weighted by molar-refractivity contribution is 7.47. The molecule has 2 unspecified atom stereocenters. The first-order valence-electron chi connectivity index (χ1n) is 35.2. The van der Waals surface area contributed by atoms with Gasteiger partial charge in [0.05, 0.1) is 13.2 Å². The molecule has 10 heteroatoms. The van der Waals surface area contributed by atoms with Crippen LogP contribution in [0.15, 0.2) is 219 Å². The number of rotatable bonds is 63. The standard InChI is InChI=1S/C81H126NO8P/c1-3-5-7-9-11-13-15-17-19-21-23-25-27-29-31-33-35-36-37-38-39-40-41-42-44-46-48-50-52-54-56-58-60-62-64-66-68-70-72-74-81(84)90-79(78-89-91(85,86)88-76-75-82)77-87-80(83)73-71-69-67-65-63-61-59-57-55-53-51-49-47-45-43-34-32-30-28-26-24-22-20-18-16-14-12-10-8-6-4-2/h5-8,11-14,17-20,23-26,29-32,35-36,38-39,41-43,45-46,48-49,51,55,57,61,63,79H,3-4,9-10,15-16,21-22,27-28,33-34,37,40,44,47,50,52-54,56,58-60,62,64-78,82H2,1-2H3,(H,85,86)/b7-5-,8-6-,13-11-,14-12-,19-17-,20-18-,25-23-,26-24-,31-29-,32-30-,36-35-,39-38-,42-41-,45-43-,48-46-,51-49-,57-55-,63-61-. The molecule has 0 aromatic heterocycles. The van der Waals surface area contributed by atoms with Crippen molar-refractivity contribution in [2.45, 2.75) is 251 Å². The van der Waals surface area contributed by atoms with E-state index in [2.05, 4.69) is 233 Å². The summed E-state index contributed by atoms with van der Waals surface area (Å²) in [6.45, 7) is 3.45. The molecule has 0 radical (unpaired) electrons. The fourth-order valence-electron chi connectivity index (χ4n) is 8.74. The van der Waals surface area contributed by atoms with Gasteiger partial charge in [0.25, 0.3) is 0 Å². The van der Waals surface area contributed by atoms with Crippen LogP contribution in [0.2, 0.25) is 0 Å². The van der Waals surface area contributed by atoms with Gasteiger partial charge in [-0.15, -0.1) is 0 Å². The van der Waals surface area contributed by atoms with E-state index in [1.54, 1.807) is 0 Å². The van der Waals surface area contributed by atoms with Gasteiger partial charge in [-0.05, 0) is 154 Å². The quantitative estimate of drug-likeness (QED) is 0.0264. The van der Waals surface area contributed by atoms with Gasteiger partial charge in [-0.3, -0.25) is 18.6 Å². The molecule has 508 valence electrons. The second-order valence-electron chi connectivity index (χ2n) is 22.3. The zero-order valence-electron chi connectivity index (χ0n) is 57.0. The van der Waals surface area contributed by atoms with E-state index in [0.717, 1.165) is 161 Å². The summed E-state index contributed by atoms with van der Waals surface area (Å²) < 4.78 is 33.1. The van der Waals surface area contributed by atoms with Crippen molar-refractivity contribution in [1.82, 2.24) is 0 Å². The first-order valence-corrected chi connectivity index (χ1v) is 36.7. The van der Waals surface area contributed by atoms with E-state index in [1.807, 2.05) is 0 Å². The van der Waals surface area contributed by atoms with Crippen LogP contribution in [-0.4, -0.2) is 49.3 Å². The number of nitrogens with two attached hydrogens (primary N) is 1. The highest BCUT2D eigenvalue weighted by Crippen LogP contribution is 2.43. The fourth-order valence-corrected chi connectivity index (χ4v) is 9.50. The molecule has 0 bridgehead atoms. The molecule has 0 aliphatic carbocycles. The van der Waals surface area contributed by atoms with Crippen molar-refractivity contribution in [3.05, 3.63) is 219 Å². The number of phosphoric ester groups is 1. The molecule has 0 rings (SSSR count). The Morgan fingerprint density at radius 3 is 0.857 bits per heavy atom. The molecule has 0 saturated heterocycles. The molecule has 0 saturated carbocycles. The van der Waals surface area contributed by atoms with Gasteiger partial charge in [-0.2, -0.15) is 0 Å². The molecule has 0 aromatic rings. The Morgan fingerprint density at radius 2 is 0.571 bits per heavy atom. The first-order chi connectivity index (χ1) is 44.8. The van der Waals surface area contributed by atoms with E-state index in [0.29, 0.717) is 12.8 Å². The van der Waals surface area contributed by atoms with Crippen molar-refractivity contribution >= 4 is 19.8 Å². The van der Waals surface area contributed by atoms with Crippen molar-refractivity contribution < 1.29 is 37.6 Å². The highest BCUT2D eigenvalue weighted by Gasteiger charge is 2.26. The first kappa shape index (κ1) is 85.3. The molecule has 0 aromatic carbocycles. The second-order valence-corrected chi connectivity index (χ2v) is 23.7. The summed E-state index contributed by atoms with van der Waals surface area (Å²) in [5.74, 6) is -0.885. The molecule has 0 spiro atoms. The third-order valence-electron chi connectivity index (χ3n) is 13.9. The van der Waals surface area contributed by atoms with Crippen molar-refractivity contribution in [3.63, 3.8) is 0 Å². The topological polar surface area (TPSA) is 134 Å². The van der Waals surface area contributed by atoms with Crippen LogP contribution in [0, 0.1) is 0 Å².